The van der Waals surface area contributed by atoms with Crippen molar-refractivity contribution in [3.8, 4) is 0 Å². The van der Waals surface area contributed by atoms with Gasteiger partial charge in [-0.25, -0.2) is 0 Å². The maximum atomic E-state index is 12.3. The second kappa shape index (κ2) is 7.57. The first-order valence-corrected chi connectivity index (χ1v) is 8.92. The lowest BCUT2D eigenvalue weighted by Gasteiger charge is -2.24. The number of nitrogens with zero attached hydrogens (tertiary/aromatic N) is 1. The number of para-hydroxylation sites is 1. The van der Waals surface area contributed by atoms with Crippen molar-refractivity contribution in [3.05, 3.63) is 64.2 Å². The molecule has 134 valence electrons. The summed E-state index contributed by atoms with van der Waals surface area (Å²) >= 11 is 1.36. The number of nitro benzene ring substituents is 1. The van der Waals surface area contributed by atoms with E-state index in [-0.39, 0.29) is 23.9 Å². The first kappa shape index (κ1) is 17.9. The number of hydrogen-bond donors (Lipinski definition) is 2. The number of non-ortho nitro benzene ring substituents is 1. The van der Waals surface area contributed by atoms with Crippen molar-refractivity contribution in [1.29, 1.82) is 0 Å². The van der Waals surface area contributed by atoms with Crippen molar-refractivity contribution in [2.45, 2.75) is 29.5 Å². The molecule has 2 aromatic rings. The first-order chi connectivity index (χ1) is 12.4. The van der Waals surface area contributed by atoms with E-state index in [2.05, 4.69) is 10.6 Å². The normalized spacial score (nSPS) is 17.0. The highest BCUT2D eigenvalue weighted by Gasteiger charge is 2.29. The van der Waals surface area contributed by atoms with Crippen LogP contribution in [0.5, 0.6) is 0 Å². The monoisotopic (exact) mass is 371 g/mol. The molecule has 8 heteroatoms. The molecule has 26 heavy (non-hydrogen) atoms. The van der Waals surface area contributed by atoms with Crippen molar-refractivity contribution < 1.29 is 14.5 Å². The third-order valence-electron chi connectivity index (χ3n) is 4.04. The molecule has 0 saturated heterocycles. The van der Waals surface area contributed by atoms with Gasteiger partial charge < -0.3 is 10.6 Å². The Morgan fingerprint density at radius 1 is 1.31 bits per heavy atom. The topological polar surface area (TPSA) is 101 Å². The van der Waals surface area contributed by atoms with Gasteiger partial charge in [0, 0.05) is 23.4 Å². The van der Waals surface area contributed by atoms with Gasteiger partial charge in [0.2, 0.25) is 11.8 Å². The number of rotatable bonds is 5. The summed E-state index contributed by atoms with van der Waals surface area (Å²) in [6.45, 7) is 1.75. The number of nitro groups is 1. The predicted molar refractivity (Wildman–Crippen MR) is 99.0 cm³/mol. The lowest BCUT2D eigenvalue weighted by atomic mass is 10.1. The van der Waals surface area contributed by atoms with Gasteiger partial charge in [-0.2, -0.15) is 0 Å². The van der Waals surface area contributed by atoms with Gasteiger partial charge in [-0.1, -0.05) is 24.3 Å². The number of amides is 2. The van der Waals surface area contributed by atoms with Crippen molar-refractivity contribution in [2.24, 2.45) is 0 Å². The van der Waals surface area contributed by atoms with Gasteiger partial charge in [0.1, 0.15) is 0 Å². The summed E-state index contributed by atoms with van der Waals surface area (Å²) in [6, 6.07) is 13.2. The van der Waals surface area contributed by atoms with E-state index in [0.29, 0.717) is 5.56 Å². The maximum Gasteiger partial charge on any atom is 0.269 e. The first-order valence-electron chi connectivity index (χ1n) is 8.04. The number of hydrogen-bond acceptors (Lipinski definition) is 5. The Labute approximate surface area is 154 Å². The van der Waals surface area contributed by atoms with Crippen molar-refractivity contribution in [2.75, 3.05) is 5.32 Å². The van der Waals surface area contributed by atoms with Crippen LogP contribution >= 0.6 is 11.8 Å². The molecule has 2 amide bonds. The molecule has 0 fully saturated rings. The molecule has 2 atom stereocenters. The minimum Gasteiger partial charge on any atom is -0.350 e. The zero-order valence-corrected chi connectivity index (χ0v) is 14.8. The minimum absolute atomic E-state index is 0.0255. The van der Waals surface area contributed by atoms with Crippen LogP contribution in [-0.2, 0) is 9.59 Å². The van der Waals surface area contributed by atoms with Gasteiger partial charge in [0.05, 0.1) is 21.9 Å². The summed E-state index contributed by atoms with van der Waals surface area (Å²) in [4.78, 5) is 35.8. The van der Waals surface area contributed by atoms with Gasteiger partial charge in [0.15, 0.2) is 0 Å². The fourth-order valence-corrected chi connectivity index (χ4v) is 3.80. The van der Waals surface area contributed by atoms with Crippen LogP contribution in [0.1, 0.15) is 24.9 Å². The largest absolute Gasteiger partial charge is 0.350 e. The molecular weight excluding hydrogens is 354 g/mol. The van der Waals surface area contributed by atoms with Crippen LogP contribution in [0.25, 0.3) is 0 Å². The predicted octanol–water partition coefficient (Wildman–Crippen LogP) is 3.28. The van der Waals surface area contributed by atoms with Gasteiger partial charge in [0.25, 0.3) is 5.69 Å². The van der Waals surface area contributed by atoms with Crippen LogP contribution in [0.2, 0.25) is 0 Å². The van der Waals surface area contributed by atoms with E-state index in [0.717, 1.165) is 10.6 Å². The zero-order chi connectivity index (χ0) is 18.7. The fourth-order valence-electron chi connectivity index (χ4n) is 2.69. The summed E-state index contributed by atoms with van der Waals surface area (Å²) in [6.07, 6.45) is 0.0318. The zero-order valence-electron chi connectivity index (χ0n) is 14.0. The Bertz CT molecular complexity index is 871. The van der Waals surface area contributed by atoms with Crippen LogP contribution in [0.3, 0.4) is 0 Å². The summed E-state index contributed by atoms with van der Waals surface area (Å²) in [5.41, 5.74) is 1.37. The number of anilines is 1. The molecule has 0 radical (unpaired) electrons. The van der Waals surface area contributed by atoms with Gasteiger partial charge in [-0.05, 0) is 24.6 Å². The number of fused-ring (bicyclic) bond motifs is 1. The van der Waals surface area contributed by atoms with E-state index in [9.17, 15) is 19.7 Å². The third kappa shape index (κ3) is 4.02. The van der Waals surface area contributed by atoms with Crippen LogP contribution in [-0.4, -0.2) is 22.0 Å². The van der Waals surface area contributed by atoms with Crippen molar-refractivity contribution >= 4 is 35.0 Å². The average molecular weight is 371 g/mol. The quantitative estimate of drug-likeness (QED) is 0.620. The molecule has 0 aromatic heterocycles. The van der Waals surface area contributed by atoms with Crippen LogP contribution in [0, 0.1) is 10.1 Å². The summed E-state index contributed by atoms with van der Waals surface area (Å²) in [5, 5.41) is 16.0. The smallest absolute Gasteiger partial charge is 0.269 e. The maximum absolute atomic E-state index is 12.3. The summed E-state index contributed by atoms with van der Waals surface area (Å²) in [5.74, 6) is -0.483. The highest BCUT2D eigenvalue weighted by Crippen LogP contribution is 2.36. The highest BCUT2D eigenvalue weighted by atomic mass is 32.2. The van der Waals surface area contributed by atoms with Gasteiger partial charge in [-0.15, -0.1) is 11.8 Å². The fraction of sp³-hybridized carbons (Fsp3) is 0.222. The standard InChI is InChI=1S/C18H17N3O4S/c1-11(12-5-4-6-13(9-12)21(24)25)19-17(22)10-16-18(23)20-14-7-2-3-8-15(14)26-16/h2-9,11,16H,10H2,1H3,(H,19,22)(H,20,23)/t11-,16-/m0/s1. The highest BCUT2D eigenvalue weighted by molar-refractivity contribution is 8.01. The molecule has 1 aliphatic rings. The Balaban J connectivity index is 1.63. The molecular formula is C18H17N3O4S. The number of carbonyl (C=O) groups is 2. The Morgan fingerprint density at radius 3 is 2.85 bits per heavy atom. The van der Waals surface area contributed by atoms with E-state index in [1.165, 1.54) is 23.9 Å². The Morgan fingerprint density at radius 2 is 2.08 bits per heavy atom. The van der Waals surface area contributed by atoms with Crippen LogP contribution in [0.4, 0.5) is 11.4 Å². The minimum atomic E-state index is -0.512. The molecule has 0 saturated carbocycles. The van der Waals surface area contributed by atoms with Crippen molar-refractivity contribution in [1.82, 2.24) is 5.32 Å². The Hall–Kier alpha value is -2.87. The van der Waals surface area contributed by atoms with Crippen LogP contribution in [0.15, 0.2) is 53.4 Å². The summed E-state index contributed by atoms with van der Waals surface area (Å²) in [7, 11) is 0. The third-order valence-corrected chi connectivity index (χ3v) is 5.31. The second-order valence-electron chi connectivity index (χ2n) is 5.94. The molecule has 0 bridgehead atoms. The van der Waals surface area contributed by atoms with Gasteiger partial charge >= 0.3 is 0 Å². The number of benzene rings is 2. The molecule has 2 aromatic carbocycles. The molecule has 2 N–H and O–H groups in total. The number of carbonyl (C=O) groups excluding carboxylic acids is 2. The molecule has 3 rings (SSSR count). The molecule has 7 nitrogen and oxygen atoms in total. The summed E-state index contributed by atoms with van der Waals surface area (Å²) < 4.78 is 0. The van der Waals surface area contributed by atoms with E-state index in [1.807, 2.05) is 24.3 Å². The van der Waals surface area contributed by atoms with Gasteiger partial charge in [-0.3, -0.25) is 19.7 Å². The SMILES string of the molecule is C[C@H](NC(=O)C[C@@H]1Sc2ccccc2NC1=O)c1cccc([N+](=O)[O-])c1. The number of thioether (sulfide) groups is 1. The molecule has 1 heterocycles. The van der Waals surface area contributed by atoms with Crippen molar-refractivity contribution in [3.63, 3.8) is 0 Å². The van der Waals surface area contributed by atoms with E-state index >= 15 is 0 Å². The lowest BCUT2D eigenvalue weighted by Crippen LogP contribution is -2.35. The van der Waals surface area contributed by atoms with E-state index < -0.39 is 16.2 Å². The molecule has 1 aliphatic heterocycles. The molecule has 0 aliphatic carbocycles. The lowest BCUT2D eigenvalue weighted by molar-refractivity contribution is -0.384. The second-order valence-corrected chi connectivity index (χ2v) is 7.18. The molecule has 0 unspecified atom stereocenters. The molecule has 0 spiro atoms. The number of nitrogens with one attached hydrogen (secondary N) is 2. The van der Waals surface area contributed by atoms with E-state index in [4.69, 9.17) is 0 Å². The Kier molecular flexibility index (Phi) is 5.22. The average Bonchev–Trinajstić information content (AvgIpc) is 2.62. The van der Waals surface area contributed by atoms with E-state index in [1.54, 1.807) is 19.1 Å². The van der Waals surface area contributed by atoms with Crippen LogP contribution < -0.4 is 10.6 Å².